The lowest BCUT2D eigenvalue weighted by molar-refractivity contribution is -0.142. The average Bonchev–Trinajstić information content (AvgIpc) is 2.13. The van der Waals surface area contributed by atoms with E-state index in [1.807, 2.05) is 0 Å². The number of carboxylic acid groups (broad SMARTS) is 1. The van der Waals surface area contributed by atoms with Gasteiger partial charge >= 0.3 is 5.97 Å². The zero-order valence-electron chi connectivity index (χ0n) is 8.50. The minimum Gasteiger partial charge on any atom is -0.505 e. The first-order chi connectivity index (χ1) is 7.24. The lowest BCUT2D eigenvalue weighted by Gasteiger charge is -2.19. The molecule has 0 aliphatic rings. The highest BCUT2D eigenvalue weighted by Gasteiger charge is 2.28. The Labute approximate surface area is 103 Å². The molecule has 88 valence electrons. The number of aliphatic carboxylic acids is 1. The predicted molar refractivity (Wildman–Crippen MR) is 62.1 cm³/mol. The van der Waals surface area contributed by atoms with Crippen LogP contribution in [-0.2, 0) is 11.2 Å². The predicted octanol–water partition coefficient (Wildman–Crippen LogP) is 2.04. The molecular weight excluding hydrogens is 253 g/mol. The topological polar surface area (TPSA) is 83.5 Å². The molecule has 1 aromatic carbocycles. The van der Waals surface area contributed by atoms with Crippen LogP contribution in [0.4, 0.5) is 0 Å². The summed E-state index contributed by atoms with van der Waals surface area (Å²) in [6.45, 7) is 1.39. The van der Waals surface area contributed by atoms with Gasteiger partial charge in [-0.2, -0.15) is 0 Å². The molecule has 1 rings (SSSR count). The highest BCUT2D eigenvalue weighted by molar-refractivity contribution is 6.37. The second kappa shape index (κ2) is 4.49. The SMILES string of the molecule is C[C@](N)(Cc1cc(Cl)c(O)c(Cl)c1)C(=O)O. The van der Waals surface area contributed by atoms with Crippen LogP contribution in [0, 0.1) is 0 Å². The molecular formula is C10H11Cl2NO3. The van der Waals surface area contributed by atoms with Crippen LogP contribution in [0.5, 0.6) is 5.75 Å². The molecule has 0 saturated heterocycles. The van der Waals surface area contributed by atoms with Gasteiger partial charge in [-0.1, -0.05) is 23.2 Å². The third-order valence-corrected chi connectivity index (χ3v) is 2.71. The standard InChI is InChI=1S/C10H11Cl2NO3/c1-10(13,9(15)16)4-5-2-6(11)8(14)7(12)3-5/h2-3,14H,4,13H2,1H3,(H,15,16)/t10-/m0/s1. The first-order valence-corrected chi connectivity index (χ1v) is 5.19. The van der Waals surface area contributed by atoms with Crippen molar-refractivity contribution in [1.82, 2.24) is 0 Å². The van der Waals surface area contributed by atoms with Crippen LogP contribution in [0.2, 0.25) is 10.0 Å². The number of rotatable bonds is 3. The van der Waals surface area contributed by atoms with E-state index in [4.69, 9.17) is 34.0 Å². The molecule has 0 radical (unpaired) electrons. The van der Waals surface area contributed by atoms with E-state index < -0.39 is 11.5 Å². The van der Waals surface area contributed by atoms with Gasteiger partial charge in [0, 0.05) is 6.42 Å². The van der Waals surface area contributed by atoms with Gasteiger partial charge in [0.25, 0.3) is 0 Å². The Balaban J connectivity index is 3.04. The monoisotopic (exact) mass is 263 g/mol. The van der Waals surface area contributed by atoms with Crippen molar-refractivity contribution in [2.45, 2.75) is 18.9 Å². The summed E-state index contributed by atoms with van der Waals surface area (Å²) in [7, 11) is 0. The normalized spacial score (nSPS) is 14.5. The zero-order valence-corrected chi connectivity index (χ0v) is 10.0. The summed E-state index contributed by atoms with van der Waals surface area (Å²) in [5, 5.41) is 18.3. The fourth-order valence-electron chi connectivity index (χ4n) is 1.22. The Morgan fingerprint density at radius 1 is 1.44 bits per heavy atom. The molecule has 4 nitrogen and oxygen atoms in total. The lowest BCUT2D eigenvalue weighted by Crippen LogP contribution is -2.46. The number of carbonyl (C=O) groups is 1. The number of phenolic OH excluding ortho intramolecular Hbond substituents is 1. The van der Waals surface area contributed by atoms with Gasteiger partial charge in [0.1, 0.15) is 5.54 Å². The number of halogens is 2. The van der Waals surface area contributed by atoms with E-state index in [-0.39, 0.29) is 22.2 Å². The summed E-state index contributed by atoms with van der Waals surface area (Å²) in [6.07, 6.45) is 0.0715. The highest BCUT2D eigenvalue weighted by Crippen LogP contribution is 2.33. The van der Waals surface area contributed by atoms with Crippen molar-refractivity contribution in [3.63, 3.8) is 0 Å². The van der Waals surface area contributed by atoms with E-state index in [0.29, 0.717) is 5.56 Å². The molecule has 6 heteroatoms. The Kier molecular flexibility index (Phi) is 3.68. The van der Waals surface area contributed by atoms with Crippen molar-refractivity contribution in [1.29, 1.82) is 0 Å². The van der Waals surface area contributed by atoms with Crippen LogP contribution in [-0.4, -0.2) is 21.7 Å². The van der Waals surface area contributed by atoms with E-state index in [2.05, 4.69) is 0 Å². The summed E-state index contributed by atoms with van der Waals surface area (Å²) in [5.74, 6) is -1.34. The fourth-order valence-corrected chi connectivity index (χ4v) is 1.75. The molecule has 0 aromatic heterocycles. The van der Waals surface area contributed by atoms with Gasteiger partial charge in [0.05, 0.1) is 10.0 Å². The molecule has 0 heterocycles. The smallest absolute Gasteiger partial charge is 0.323 e. The van der Waals surface area contributed by atoms with Crippen LogP contribution in [0.1, 0.15) is 12.5 Å². The van der Waals surface area contributed by atoms with Gasteiger partial charge in [-0.3, -0.25) is 4.79 Å². The summed E-state index contributed by atoms with van der Waals surface area (Å²) in [6, 6.07) is 2.88. The minimum atomic E-state index is -1.40. The molecule has 0 aliphatic heterocycles. The van der Waals surface area contributed by atoms with Gasteiger partial charge in [-0.05, 0) is 24.6 Å². The summed E-state index contributed by atoms with van der Waals surface area (Å²) in [4.78, 5) is 10.8. The average molecular weight is 264 g/mol. The Morgan fingerprint density at radius 3 is 2.25 bits per heavy atom. The van der Waals surface area contributed by atoms with Crippen LogP contribution in [0.15, 0.2) is 12.1 Å². The molecule has 0 spiro atoms. The fraction of sp³-hybridized carbons (Fsp3) is 0.300. The van der Waals surface area contributed by atoms with E-state index in [9.17, 15) is 9.90 Å². The Hall–Kier alpha value is -0.970. The van der Waals surface area contributed by atoms with E-state index in [1.54, 1.807) is 0 Å². The van der Waals surface area contributed by atoms with Crippen molar-refractivity contribution in [3.05, 3.63) is 27.7 Å². The lowest BCUT2D eigenvalue weighted by atomic mass is 9.94. The number of aromatic hydroxyl groups is 1. The number of hydrogen-bond acceptors (Lipinski definition) is 3. The van der Waals surface area contributed by atoms with Gasteiger partial charge in [-0.25, -0.2) is 0 Å². The molecule has 16 heavy (non-hydrogen) atoms. The van der Waals surface area contributed by atoms with Crippen molar-refractivity contribution in [3.8, 4) is 5.75 Å². The summed E-state index contributed by atoms with van der Waals surface area (Å²) >= 11 is 11.4. The molecule has 1 atom stereocenters. The minimum absolute atomic E-state index is 0.0715. The molecule has 0 amide bonds. The first kappa shape index (κ1) is 13.1. The number of carboxylic acids is 1. The highest BCUT2D eigenvalue weighted by atomic mass is 35.5. The first-order valence-electron chi connectivity index (χ1n) is 4.43. The van der Waals surface area contributed by atoms with Crippen LogP contribution in [0.3, 0.4) is 0 Å². The third-order valence-electron chi connectivity index (χ3n) is 2.14. The van der Waals surface area contributed by atoms with Crippen LogP contribution < -0.4 is 5.73 Å². The van der Waals surface area contributed by atoms with Crippen molar-refractivity contribution < 1.29 is 15.0 Å². The quantitative estimate of drug-likeness (QED) is 0.780. The van der Waals surface area contributed by atoms with Crippen molar-refractivity contribution in [2.24, 2.45) is 5.73 Å². The van der Waals surface area contributed by atoms with Gasteiger partial charge < -0.3 is 15.9 Å². The molecule has 0 bridgehead atoms. The molecule has 0 saturated carbocycles. The van der Waals surface area contributed by atoms with E-state index in [1.165, 1.54) is 19.1 Å². The van der Waals surface area contributed by atoms with E-state index >= 15 is 0 Å². The Bertz CT molecular complexity index is 409. The van der Waals surface area contributed by atoms with Crippen molar-refractivity contribution >= 4 is 29.2 Å². The Morgan fingerprint density at radius 2 is 1.88 bits per heavy atom. The van der Waals surface area contributed by atoms with Crippen molar-refractivity contribution in [2.75, 3.05) is 0 Å². The molecule has 4 N–H and O–H groups in total. The molecule has 0 fully saturated rings. The second-order valence-electron chi connectivity index (χ2n) is 3.81. The summed E-state index contributed by atoms with van der Waals surface area (Å²) < 4.78 is 0. The maximum Gasteiger partial charge on any atom is 0.323 e. The zero-order chi connectivity index (χ0) is 12.5. The van der Waals surface area contributed by atoms with Gasteiger partial charge in [-0.15, -0.1) is 0 Å². The summed E-state index contributed by atoms with van der Waals surface area (Å²) in [5.41, 5.74) is 4.74. The van der Waals surface area contributed by atoms with Gasteiger partial charge in [0.15, 0.2) is 5.75 Å². The maximum atomic E-state index is 10.8. The van der Waals surface area contributed by atoms with Gasteiger partial charge in [0.2, 0.25) is 0 Å². The molecule has 0 aliphatic carbocycles. The molecule has 1 aromatic rings. The van der Waals surface area contributed by atoms with Crippen LogP contribution >= 0.6 is 23.2 Å². The van der Waals surface area contributed by atoms with Crippen LogP contribution in [0.25, 0.3) is 0 Å². The number of benzene rings is 1. The van der Waals surface area contributed by atoms with E-state index in [0.717, 1.165) is 0 Å². The maximum absolute atomic E-state index is 10.8. The number of nitrogens with two attached hydrogens (primary N) is 1. The third kappa shape index (κ3) is 2.78. The molecule has 0 unspecified atom stereocenters. The second-order valence-corrected chi connectivity index (χ2v) is 4.62. The largest absolute Gasteiger partial charge is 0.505 e. The number of hydrogen-bond donors (Lipinski definition) is 3. The number of phenols is 1.